The second kappa shape index (κ2) is 10.5. The minimum Gasteiger partial charge on any atom is -0.493 e. The normalized spacial score (nSPS) is 11.1. The number of nitriles is 1. The topological polar surface area (TPSA) is 85.4 Å². The lowest BCUT2D eigenvalue weighted by molar-refractivity contribution is -0.137. The highest BCUT2D eigenvalue weighted by Crippen LogP contribution is 2.28. The maximum absolute atomic E-state index is 11.6. The monoisotopic (exact) mass is 436 g/mol. The molecule has 0 fully saturated rings. The number of halogens is 1. The summed E-state index contributed by atoms with van der Waals surface area (Å²) in [5, 5.41) is 9.86. The number of hydrogen-bond acceptors (Lipinski definition) is 6. The lowest BCUT2D eigenvalue weighted by Crippen LogP contribution is -2.03. The molecule has 0 bridgehead atoms. The number of aryl methyl sites for hydroxylation is 1. The maximum atomic E-state index is 11.6. The van der Waals surface area contributed by atoms with Crippen LogP contribution in [0.2, 0.25) is 5.02 Å². The van der Waals surface area contributed by atoms with E-state index in [9.17, 15) is 10.1 Å². The van der Waals surface area contributed by atoms with Crippen molar-refractivity contribution >= 4 is 23.1 Å². The van der Waals surface area contributed by atoms with Gasteiger partial charge in [-0.15, -0.1) is 0 Å². The van der Waals surface area contributed by atoms with Crippen molar-refractivity contribution in [2.24, 2.45) is 0 Å². The van der Waals surface area contributed by atoms with E-state index in [-0.39, 0.29) is 12.2 Å². The Labute approximate surface area is 185 Å². The quantitative estimate of drug-likeness (QED) is 0.267. The van der Waals surface area contributed by atoms with Crippen molar-refractivity contribution in [2.45, 2.75) is 20.3 Å². The molecule has 0 atom stereocenters. The molecule has 2 aromatic carbocycles. The molecule has 3 rings (SSSR count). The zero-order valence-corrected chi connectivity index (χ0v) is 18.0. The van der Waals surface area contributed by atoms with Gasteiger partial charge in [-0.25, -0.2) is 9.78 Å². The summed E-state index contributed by atoms with van der Waals surface area (Å²) >= 11 is 6.22. The summed E-state index contributed by atoms with van der Waals surface area (Å²) in [6, 6.07) is 16.3. The third-order valence-electron chi connectivity index (χ3n) is 4.44. The van der Waals surface area contributed by atoms with Crippen molar-refractivity contribution in [3.05, 3.63) is 76.6 Å². The van der Waals surface area contributed by atoms with Crippen LogP contribution in [0.3, 0.4) is 0 Å². The van der Waals surface area contributed by atoms with Crippen LogP contribution in [0.5, 0.6) is 5.75 Å². The van der Waals surface area contributed by atoms with E-state index in [2.05, 4.69) is 4.98 Å². The number of hydrogen-bond donors (Lipinski definition) is 0. The van der Waals surface area contributed by atoms with E-state index >= 15 is 0 Å². The molecule has 1 heterocycles. The van der Waals surface area contributed by atoms with E-state index < -0.39 is 5.97 Å². The highest BCUT2D eigenvalue weighted by Gasteiger charge is 2.14. The molecule has 31 heavy (non-hydrogen) atoms. The van der Waals surface area contributed by atoms with Gasteiger partial charge in [0, 0.05) is 12.5 Å². The van der Waals surface area contributed by atoms with Crippen molar-refractivity contribution in [3.8, 4) is 23.3 Å². The van der Waals surface area contributed by atoms with Crippen LogP contribution in [-0.2, 0) is 16.0 Å². The van der Waals surface area contributed by atoms with Crippen molar-refractivity contribution in [2.75, 3.05) is 13.2 Å². The second-order valence-corrected chi connectivity index (χ2v) is 6.95. The van der Waals surface area contributed by atoms with Crippen molar-refractivity contribution in [1.29, 1.82) is 5.26 Å². The first-order chi connectivity index (χ1) is 15.0. The number of benzene rings is 2. The summed E-state index contributed by atoms with van der Waals surface area (Å²) in [6.07, 6.45) is 1.75. The van der Waals surface area contributed by atoms with Crippen molar-refractivity contribution < 1.29 is 18.7 Å². The molecule has 6 nitrogen and oxygen atoms in total. The van der Waals surface area contributed by atoms with Gasteiger partial charge in [-0.2, -0.15) is 5.26 Å². The Morgan fingerprint density at radius 3 is 2.65 bits per heavy atom. The molecular weight excluding hydrogens is 416 g/mol. The van der Waals surface area contributed by atoms with Crippen molar-refractivity contribution in [3.63, 3.8) is 0 Å². The van der Waals surface area contributed by atoms with E-state index in [1.54, 1.807) is 37.3 Å². The molecule has 3 aromatic rings. The Balaban J connectivity index is 1.61. The molecule has 0 radical (unpaired) electrons. The fraction of sp³-hybridized carbons (Fsp3) is 0.208. The lowest BCUT2D eigenvalue weighted by atomic mass is 10.1. The van der Waals surface area contributed by atoms with Gasteiger partial charge in [0.1, 0.15) is 17.6 Å². The number of carbonyl (C=O) groups excluding carboxylic acids is 1. The van der Waals surface area contributed by atoms with E-state index in [4.69, 9.17) is 25.5 Å². The van der Waals surface area contributed by atoms with Crippen LogP contribution in [0, 0.1) is 18.3 Å². The molecule has 0 unspecified atom stereocenters. The number of esters is 1. The van der Waals surface area contributed by atoms with Crippen LogP contribution < -0.4 is 4.74 Å². The first-order valence-corrected chi connectivity index (χ1v) is 10.1. The van der Waals surface area contributed by atoms with Gasteiger partial charge in [0.05, 0.1) is 35.1 Å². The molecule has 0 aliphatic rings. The van der Waals surface area contributed by atoms with E-state index in [0.29, 0.717) is 35.3 Å². The molecule has 1 aromatic heterocycles. The molecule has 0 saturated heterocycles. The molecule has 0 spiro atoms. The third kappa shape index (κ3) is 5.74. The number of oxazole rings is 1. The number of carbonyl (C=O) groups is 1. The molecule has 158 valence electrons. The Bertz CT molecular complexity index is 1130. The fourth-order valence-electron chi connectivity index (χ4n) is 2.89. The standard InChI is InChI=1S/C24H21ClN2O4/c1-3-29-23(28)14-18(15-26)17-8-10-19(11-9-17)30-13-12-22-16(2)31-24(27-22)20-6-4-5-7-21(20)25/h4-11,14H,3,12-13H2,1-2H3. The van der Waals surface area contributed by atoms with Crippen LogP contribution in [-0.4, -0.2) is 24.2 Å². The Morgan fingerprint density at radius 1 is 1.23 bits per heavy atom. The number of nitrogens with zero attached hydrogens (tertiary/aromatic N) is 2. The van der Waals surface area contributed by atoms with Gasteiger partial charge in [0.2, 0.25) is 5.89 Å². The minimum absolute atomic E-state index is 0.232. The lowest BCUT2D eigenvalue weighted by Gasteiger charge is -2.06. The summed E-state index contributed by atoms with van der Waals surface area (Å²) in [5.74, 6) is 1.31. The average Bonchev–Trinajstić information content (AvgIpc) is 3.13. The first kappa shape index (κ1) is 22.1. The van der Waals surface area contributed by atoms with Gasteiger partial charge in [-0.3, -0.25) is 0 Å². The average molecular weight is 437 g/mol. The van der Waals surface area contributed by atoms with Crippen LogP contribution in [0.25, 0.3) is 17.0 Å². The van der Waals surface area contributed by atoms with E-state index in [1.807, 2.05) is 31.2 Å². The van der Waals surface area contributed by atoms with Crippen molar-refractivity contribution in [1.82, 2.24) is 4.98 Å². The number of aromatic nitrogens is 1. The van der Waals surface area contributed by atoms with Crippen LogP contribution in [0.15, 0.2) is 59.0 Å². The highest BCUT2D eigenvalue weighted by atomic mass is 35.5. The number of allylic oxidation sites excluding steroid dienone is 1. The molecule has 7 heteroatoms. The van der Waals surface area contributed by atoms with Gasteiger partial charge in [-0.1, -0.05) is 23.7 Å². The van der Waals surface area contributed by atoms with Gasteiger partial charge in [-0.05, 0) is 55.8 Å². The minimum atomic E-state index is -0.543. The van der Waals surface area contributed by atoms with Gasteiger partial charge >= 0.3 is 5.97 Å². The molecule has 0 N–H and O–H groups in total. The molecule has 0 aliphatic heterocycles. The number of rotatable bonds is 8. The smallest absolute Gasteiger partial charge is 0.332 e. The Kier molecular flexibility index (Phi) is 7.47. The van der Waals surface area contributed by atoms with E-state index in [0.717, 1.165) is 17.0 Å². The molecular formula is C24H21ClN2O4. The van der Waals surface area contributed by atoms with Crippen LogP contribution >= 0.6 is 11.6 Å². The highest BCUT2D eigenvalue weighted by molar-refractivity contribution is 6.33. The zero-order valence-electron chi connectivity index (χ0n) is 17.2. The maximum Gasteiger partial charge on any atom is 0.332 e. The summed E-state index contributed by atoms with van der Waals surface area (Å²) in [4.78, 5) is 16.1. The first-order valence-electron chi connectivity index (χ1n) is 9.74. The van der Waals surface area contributed by atoms with Crippen LogP contribution in [0.1, 0.15) is 23.9 Å². The summed E-state index contributed by atoms with van der Waals surface area (Å²) in [5.41, 5.74) is 2.39. The van der Waals surface area contributed by atoms with E-state index in [1.165, 1.54) is 6.08 Å². The Hall–Kier alpha value is -3.56. The number of ether oxygens (including phenoxy) is 2. The SMILES string of the molecule is CCOC(=O)C=C(C#N)c1ccc(OCCc2nc(-c3ccccc3Cl)oc2C)cc1. The predicted molar refractivity (Wildman–Crippen MR) is 118 cm³/mol. The summed E-state index contributed by atoms with van der Waals surface area (Å²) in [7, 11) is 0. The molecule has 0 saturated carbocycles. The third-order valence-corrected chi connectivity index (χ3v) is 4.77. The zero-order chi connectivity index (χ0) is 22.2. The Morgan fingerprint density at radius 2 is 1.97 bits per heavy atom. The largest absolute Gasteiger partial charge is 0.493 e. The second-order valence-electron chi connectivity index (χ2n) is 6.55. The summed E-state index contributed by atoms with van der Waals surface area (Å²) in [6.45, 7) is 4.23. The van der Waals surface area contributed by atoms with Gasteiger partial charge < -0.3 is 13.9 Å². The summed E-state index contributed by atoms with van der Waals surface area (Å²) < 4.78 is 16.4. The molecule has 0 aliphatic carbocycles. The predicted octanol–water partition coefficient (Wildman–Crippen LogP) is 5.40. The van der Waals surface area contributed by atoms with Gasteiger partial charge in [0.25, 0.3) is 0 Å². The van der Waals surface area contributed by atoms with Crippen LogP contribution in [0.4, 0.5) is 0 Å². The van der Waals surface area contributed by atoms with Gasteiger partial charge in [0.15, 0.2) is 0 Å². The molecule has 0 amide bonds. The fourth-order valence-corrected chi connectivity index (χ4v) is 3.10.